The highest BCUT2D eigenvalue weighted by Gasteiger charge is 2.35. The van der Waals surface area contributed by atoms with Gasteiger partial charge in [0.05, 0.1) is 30.4 Å². The maximum Gasteiger partial charge on any atom is 0.254 e. The summed E-state index contributed by atoms with van der Waals surface area (Å²) in [5.74, 6) is 2.78. The number of amides is 2. The Kier molecular flexibility index (Phi) is 7.58. The molecule has 45 heavy (non-hydrogen) atoms. The van der Waals surface area contributed by atoms with Crippen molar-refractivity contribution in [3.8, 4) is 17.3 Å². The predicted molar refractivity (Wildman–Crippen MR) is 173 cm³/mol. The normalized spacial score (nSPS) is 23.4. The number of nitrogens with two attached hydrogens (primary N) is 1. The molecule has 1 aliphatic heterocycles. The minimum Gasteiger partial charge on any atom is -0.494 e. The van der Waals surface area contributed by atoms with Gasteiger partial charge in [0, 0.05) is 57.6 Å². The van der Waals surface area contributed by atoms with Crippen LogP contribution in [0.1, 0.15) is 60.4 Å². The number of likely N-dealkylation sites (tertiary alicyclic amines) is 1. The van der Waals surface area contributed by atoms with E-state index in [2.05, 4.69) is 33.4 Å². The van der Waals surface area contributed by atoms with Crippen molar-refractivity contribution >= 4 is 33.8 Å². The minimum atomic E-state index is -1.13. The van der Waals surface area contributed by atoms with Crippen LogP contribution in [0, 0.1) is 11.8 Å². The van der Waals surface area contributed by atoms with Gasteiger partial charge in [-0.1, -0.05) is 18.2 Å². The number of ether oxygens (including phenoxy) is 1. The number of fused-ring (bicyclic) bond motifs is 2. The van der Waals surface area contributed by atoms with Gasteiger partial charge in [0.1, 0.15) is 17.4 Å². The molecule has 10 heteroatoms. The van der Waals surface area contributed by atoms with Crippen molar-refractivity contribution in [2.75, 3.05) is 34.3 Å². The lowest BCUT2D eigenvalue weighted by Gasteiger charge is -2.36. The monoisotopic (exact) mass is 614 g/mol. The Morgan fingerprint density at radius 3 is 2.53 bits per heavy atom. The Bertz CT molecular complexity index is 1770. The van der Waals surface area contributed by atoms with Crippen LogP contribution in [0.3, 0.4) is 0 Å². The van der Waals surface area contributed by atoms with Gasteiger partial charge < -0.3 is 29.4 Å². The standard InChI is InChI=1S/C35H43FN6O3/c1-39(2)31(43)12-21-10-23(11-21)27-7-5-6-22-14-29(42(32(22)27)17-20-8-9-20)34-38-28-13-24(15-30(45-4)33(28)40(34)3)35(44)41-18-25(36)16-26(37)19-41/h5-7,13-15,20-21,23,25-26H,8-12,16-19,37H2,1-4H3/t21?,23?,25-,26-/m1/s1. The van der Waals surface area contributed by atoms with Crippen LogP contribution in [0.4, 0.5) is 4.39 Å². The number of aryl methyl sites for hydroxylation is 1. The lowest BCUT2D eigenvalue weighted by atomic mass is 9.69. The third-order valence-electron chi connectivity index (χ3n) is 10.1. The zero-order chi connectivity index (χ0) is 31.6. The molecule has 2 atom stereocenters. The molecule has 238 valence electrons. The fourth-order valence-corrected chi connectivity index (χ4v) is 7.44. The zero-order valence-corrected chi connectivity index (χ0v) is 26.6. The fraction of sp³-hybridized carbons (Fsp3) is 0.514. The van der Waals surface area contributed by atoms with Gasteiger partial charge in [0.2, 0.25) is 5.91 Å². The van der Waals surface area contributed by atoms with E-state index in [9.17, 15) is 14.0 Å². The number of piperidine rings is 1. The molecule has 2 N–H and O–H groups in total. The molecule has 0 radical (unpaired) electrons. The smallest absolute Gasteiger partial charge is 0.254 e. The van der Waals surface area contributed by atoms with Crippen molar-refractivity contribution < 1.29 is 18.7 Å². The van der Waals surface area contributed by atoms with Crippen LogP contribution >= 0.6 is 0 Å². The molecule has 3 aliphatic rings. The Morgan fingerprint density at radius 1 is 1.07 bits per heavy atom. The minimum absolute atomic E-state index is 0.0393. The van der Waals surface area contributed by atoms with Gasteiger partial charge in [0.25, 0.3) is 5.91 Å². The first kappa shape index (κ1) is 29.8. The van der Waals surface area contributed by atoms with Crippen molar-refractivity contribution in [3.63, 3.8) is 0 Å². The van der Waals surface area contributed by atoms with E-state index in [-0.39, 0.29) is 30.8 Å². The molecule has 3 fully saturated rings. The Balaban J connectivity index is 1.28. The zero-order valence-electron chi connectivity index (χ0n) is 26.6. The van der Waals surface area contributed by atoms with Gasteiger partial charge >= 0.3 is 0 Å². The molecule has 4 aromatic rings. The molecular formula is C35H43FN6O3. The number of hydrogen-bond donors (Lipinski definition) is 1. The molecule has 9 nitrogen and oxygen atoms in total. The summed E-state index contributed by atoms with van der Waals surface area (Å²) in [6.45, 7) is 1.29. The van der Waals surface area contributed by atoms with E-state index < -0.39 is 6.17 Å². The summed E-state index contributed by atoms with van der Waals surface area (Å²) >= 11 is 0. The van der Waals surface area contributed by atoms with Gasteiger partial charge in [-0.25, -0.2) is 9.37 Å². The van der Waals surface area contributed by atoms with E-state index in [1.54, 1.807) is 24.1 Å². The summed E-state index contributed by atoms with van der Waals surface area (Å²) in [5, 5.41) is 1.19. The number of imidazole rings is 1. The van der Waals surface area contributed by atoms with Crippen LogP contribution in [0.5, 0.6) is 5.75 Å². The number of benzene rings is 2. The second-order valence-corrected chi connectivity index (χ2v) is 13.7. The number of aromatic nitrogens is 3. The fourth-order valence-electron chi connectivity index (χ4n) is 7.44. The molecule has 0 bridgehead atoms. The Hall–Kier alpha value is -3.92. The van der Waals surface area contributed by atoms with Crippen LogP contribution in [0.15, 0.2) is 36.4 Å². The summed E-state index contributed by atoms with van der Waals surface area (Å²) in [4.78, 5) is 34.1. The third-order valence-corrected chi connectivity index (χ3v) is 10.1. The number of methoxy groups -OCH3 is 1. The molecule has 2 aromatic carbocycles. The average Bonchev–Trinajstić information content (AvgIpc) is 3.65. The lowest BCUT2D eigenvalue weighted by molar-refractivity contribution is -0.130. The Labute approximate surface area is 263 Å². The highest BCUT2D eigenvalue weighted by Crippen LogP contribution is 2.47. The van der Waals surface area contributed by atoms with Gasteiger partial charge in [-0.05, 0) is 73.6 Å². The highest BCUT2D eigenvalue weighted by molar-refractivity contribution is 6.00. The van der Waals surface area contributed by atoms with Crippen molar-refractivity contribution in [1.29, 1.82) is 0 Å². The van der Waals surface area contributed by atoms with Crippen molar-refractivity contribution in [3.05, 3.63) is 47.5 Å². The number of nitrogens with zero attached hydrogens (tertiary/aromatic N) is 5. The number of halogens is 1. The number of rotatable bonds is 8. The number of hydrogen-bond acceptors (Lipinski definition) is 5. The molecule has 2 saturated carbocycles. The second-order valence-electron chi connectivity index (χ2n) is 13.7. The molecule has 7 rings (SSSR count). The molecule has 2 aliphatic carbocycles. The van der Waals surface area contributed by atoms with Crippen molar-refractivity contribution in [2.24, 2.45) is 24.6 Å². The van der Waals surface area contributed by atoms with Crippen molar-refractivity contribution in [2.45, 2.75) is 63.2 Å². The SMILES string of the molecule is COc1cc(C(=O)N2C[C@H](N)C[C@@H](F)C2)cc2nc(-c3cc4cccc(C5CC(CC(=O)N(C)C)C5)c4n3CC3CC3)n(C)c12. The average molecular weight is 615 g/mol. The molecule has 0 unspecified atom stereocenters. The molecular weight excluding hydrogens is 571 g/mol. The Morgan fingerprint density at radius 2 is 1.84 bits per heavy atom. The highest BCUT2D eigenvalue weighted by atomic mass is 19.1. The van der Waals surface area contributed by atoms with Gasteiger partial charge in [-0.2, -0.15) is 0 Å². The first-order chi connectivity index (χ1) is 21.6. The summed E-state index contributed by atoms with van der Waals surface area (Å²) in [7, 11) is 7.24. The topological polar surface area (TPSA) is 98.6 Å². The van der Waals surface area contributed by atoms with Crippen LogP contribution in [0.25, 0.3) is 33.5 Å². The summed E-state index contributed by atoms with van der Waals surface area (Å²) < 4.78 is 24.6. The quantitative estimate of drug-likeness (QED) is 0.298. The summed E-state index contributed by atoms with van der Waals surface area (Å²) in [6, 6.07) is 12.0. The lowest BCUT2D eigenvalue weighted by Crippen LogP contribution is -2.50. The molecule has 3 heterocycles. The maximum atomic E-state index is 14.3. The van der Waals surface area contributed by atoms with Gasteiger partial charge in [-0.3, -0.25) is 9.59 Å². The summed E-state index contributed by atoms with van der Waals surface area (Å²) in [6.07, 6.45) is 4.24. The van der Waals surface area contributed by atoms with Gasteiger partial charge in [-0.15, -0.1) is 0 Å². The van der Waals surface area contributed by atoms with E-state index in [4.69, 9.17) is 15.5 Å². The van der Waals surface area contributed by atoms with Gasteiger partial charge in [0.15, 0.2) is 5.82 Å². The van der Waals surface area contributed by atoms with E-state index in [0.717, 1.165) is 36.4 Å². The van der Waals surface area contributed by atoms with E-state index in [0.29, 0.717) is 47.5 Å². The molecule has 2 amide bonds. The first-order valence-electron chi connectivity index (χ1n) is 16.2. The summed E-state index contributed by atoms with van der Waals surface area (Å²) in [5.41, 5.74) is 11.6. The third kappa shape index (κ3) is 5.47. The van der Waals surface area contributed by atoms with Crippen LogP contribution < -0.4 is 10.5 Å². The number of carbonyl (C=O) groups excluding carboxylic acids is 2. The van der Waals surface area contributed by atoms with Crippen LogP contribution in [-0.4, -0.2) is 82.2 Å². The molecule has 2 aromatic heterocycles. The number of carbonyl (C=O) groups is 2. The number of para-hydroxylation sites is 1. The first-order valence-corrected chi connectivity index (χ1v) is 16.2. The maximum absolute atomic E-state index is 14.3. The van der Waals surface area contributed by atoms with Crippen LogP contribution in [0.2, 0.25) is 0 Å². The largest absolute Gasteiger partial charge is 0.494 e. The van der Waals surface area contributed by atoms with Crippen LogP contribution in [-0.2, 0) is 18.4 Å². The van der Waals surface area contributed by atoms with E-state index in [1.807, 2.05) is 21.1 Å². The van der Waals surface area contributed by atoms with Crippen molar-refractivity contribution in [1.82, 2.24) is 23.9 Å². The molecule has 1 saturated heterocycles. The molecule has 0 spiro atoms. The van der Waals surface area contributed by atoms with E-state index >= 15 is 0 Å². The predicted octanol–water partition coefficient (Wildman–Crippen LogP) is 5.10. The number of alkyl halides is 1. The van der Waals surface area contributed by atoms with E-state index in [1.165, 1.54) is 34.2 Å². The second kappa shape index (κ2) is 11.5.